The van der Waals surface area contributed by atoms with Gasteiger partial charge in [-0.2, -0.15) is 0 Å². The largest absolute Gasteiger partial charge is 0.337 e. The van der Waals surface area contributed by atoms with E-state index < -0.39 is 20.1 Å². The summed E-state index contributed by atoms with van der Waals surface area (Å²) >= 11 is 3.14. The summed E-state index contributed by atoms with van der Waals surface area (Å²) < 4.78 is 36.6. The van der Waals surface area contributed by atoms with Crippen LogP contribution in [0, 0.1) is 5.82 Å². The Morgan fingerprint density at radius 1 is 1.47 bits per heavy atom. The van der Waals surface area contributed by atoms with Crippen molar-refractivity contribution in [1.29, 1.82) is 0 Å². The molecule has 0 spiro atoms. The van der Waals surface area contributed by atoms with Gasteiger partial charge in [-0.05, 0) is 12.1 Å². The molecule has 2 rings (SSSR count). The first-order valence-electron chi connectivity index (χ1n) is 5.42. The lowest BCUT2D eigenvalue weighted by Gasteiger charge is -2.16. The number of likely N-dealkylation sites (tertiary alicyclic amines) is 1. The molecule has 104 valence electrons. The Morgan fingerprint density at radius 3 is 2.68 bits per heavy atom. The zero-order chi connectivity index (χ0) is 14.2. The second-order valence-electron chi connectivity index (χ2n) is 4.31. The molecule has 1 amide bonds. The molecule has 0 bridgehead atoms. The lowest BCUT2D eigenvalue weighted by molar-refractivity contribution is -0.128. The van der Waals surface area contributed by atoms with Crippen molar-refractivity contribution >= 4 is 41.6 Å². The number of benzene rings is 1. The Labute approximate surface area is 123 Å². The van der Waals surface area contributed by atoms with Gasteiger partial charge in [0.25, 0.3) is 0 Å². The zero-order valence-electron chi connectivity index (χ0n) is 9.64. The predicted octanol–water partition coefficient (Wildman–Crippen LogP) is 2.26. The fourth-order valence-corrected chi connectivity index (χ4v) is 3.32. The summed E-state index contributed by atoms with van der Waals surface area (Å²) in [5.41, 5.74) is 0.337. The fourth-order valence-electron chi connectivity index (χ4n) is 1.93. The van der Waals surface area contributed by atoms with Crippen molar-refractivity contribution in [2.45, 2.75) is 18.2 Å². The number of carbonyl (C=O) groups is 1. The predicted molar refractivity (Wildman–Crippen MR) is 72.7 cm³/mol. The van der Waals surface area contributed by atoms with E-state index >= 15 is 0 Å². The number of hydrogen-bond acceptors (Lipinski definition) is 3. The minimum atomic E-state index is -3.77. The lowest BCUT2D eigenvalue weighted by Crippen LogP contribution is -2.27. The number of rotatable bonds is 3. The molecular weight excluding hydrogens is 361 g/mol. The Morgan fingerprint density at radius 2 is 2.16 bits per heavy atom. The number of halogens is 3. The van der Waals surface area contributed by atoms with Gasteiger partial charge in [0.05, 0.1) is 0 Å². The van der Waals surface area contributed by atoms with Crippen LogP contribution in [0.4, 0.5) is 4.39 Å². The second-order valence-corrected chi connectivity index (χ2v) is 8.14. The number of amides is 1. The molecule has 1 heterocycles. The molecule has 1 aromatic carbocycles. The second kappa shape index (κ2) is 5.38. The lowest BCUT2D eigenvalue weighted by atomic mass is 10.2. The van der Waals surface area contributed by atoms with Crippen LogP contribution in [0.25, 0.3) is 0 Å². The third kappa shape index (κ3) is 3.46. The molecular formula is C11H10BrClFNO3S. The molecule has 0 aliphatic carbocycles. The average molecular weight is 371 g/mol. The number of hydrogen-bond donors (Lipinski definition) is 0. The molecule has 1 aliphatic rings. The summed E-state index contributed by atoms with van der Waals surface area (Å²) in [5.74, 6) is -0.782. The Kier molecular flexibility index (Phi) is 4.17. The Hall–Kier alpha value is -0.660. The first-order valence-corrected chi connectivity index (χ1v) is 8.59. The third-order valence-corrected chi connectivity index (χ3v) is 5.31. The van der Waals surface area contributed by atoms with Crippen molar-refractivity contribution in [3.05, 3.63) is 34.1 Å². The molecule has 1 saturated heterocycles. The van der Waals surface area contributed by atoms with Crippen LogP contribution in [-0.4, -0.2) is 31.0 Å². The van der Waals surface area contributed by atoms with Crippen LogP contribution in [0.5, 0.6) is 0 Å². The van der Waals surface area contributed by atoms with Crippen LogP contribution in [-0.2, 0) is 20.4 Å². The smallest absolute Gasteiger partial charge is 0.237 e. The van der Waals surface area contributed by atoms with Gasteiger partial charge in [0, 0.05) is 40.2 Å². The summed E-state index contributed by atoms with van der Waals surface area (Å²) in [6.07, 6.45) is -0.149. The summed E-state index contributed by atoms with van der Waals surface area (Å²) in [7, 11) is 1.47. The third-order valence-electron chi connectivity index (χ3n) is 2.95. The van der Waals surface area contributed by atoms with E-state index in [1.54, 1.807) is 12.1 Å². The molecule has 0 aromatic heterocycles. The highest BCUT2D eigenvalue weighted by Gasteiger charge is 2.37. The Bertz CT molecular complexity index is 622. The quantitative estimate of drug-likeness (QED) is 0.767. The van der Waals surface area contributed by atoms with Crippen LogP contribution in [0.15, 0.2) is 22.7 Å². The van der Waals surface area contributed by atoms with Gasteiger partial charge in [0.15, 0.2) is 0 Å². The molecule has 8 heteroatoms. The first-order chi connectivity index (χ1) is 8.77. The van der Waals surface area contributed by atoms with Crippen molar-refractivity contribution in [2.24, 2.45) is 0 Å². The van der Waals surface area contributed by atoms with Crippen LogP contribution < -0.4 is 0 Å². The number of nitrogens with zero attached hydrogens (tertiary/aromatic N) is 1. The zero-order valence-corrected chi connectivity index (χ0v) is 12.8. The topological polar surface area (TPSA) is 54.5 Å². The Balaban J connectivity index is 2.14. The van der Waals surface area contributed by atoms with Gasteiger partial charge in [-0.25, -0.2) is 12.8 Å². The van der Waals surface area contributed by atoms with Crippen LogP contribution >= 0.6 is 26.6 Å². The summed E-state index contributed by atoms with van der Waals surface area (Å²) in [4.78, 5) is 13.0. The molecule has 1 aliphatic heterocycles. The minimum absolute atomic E-state index is 0.000169. The van der Waals surface area contributed by atoms with Crippen LogP contribution in [0.1, 0.15) is 12.0 Å². The van der Waals surface area contributed by atoms with Gasteiger partial charge >= 0.3 is 0 Å². The van der Waals surface area contributed by atoms with Crippen molar-refractivity contribution in [3.63, 3.8) is 0 Å². The minimum Gasteiger partial charge on any atom is -0.337 e. The molecule has 19 heavy (non-hydrogen) atoms. The van der Waals surface area contributed by atoms with E-state index in [-0.39, 0.29) is 25.4 Å². The molecule has 0 radical (unpaired) electrons. The molecule has 1 unspecified atom stereocenters. The van der Waals surface area contributed by atoms with Crippen molar-refractivity contribution < 1.29 is 17.6 Å². The summed E-state index contributed by atoms with van der Waals surface area (Å²) in [6, 6.07) is 4.51. The molecule has 4 nitrogen and oxygen atoms in total. The molecule has 1 atom stereocenters. The van der Waals surface area contributed by atoms with Crippen molar-refractivity contribution in [3.8, 4) is 0 Å². The maximum absolute atomic E-state index is 13.6. The van der Waals surface area contributed by atoms with E-state index in [1.165, 1.54) is 11.0 Å². The average Bonchev–Trinajstić information content (AvgIpc) is 2.64. The maximum Gasteiger partial charge on any atom is 0.237 e. The summed E-state index contributed by atoms with van der Waals surface area (Å²) in [6.45, 7) is 0.0427. The molecule has 0 N–H and O–H groups in total. The van der Waals surface area contributed by atoms with Crippen molar-refractivity contribution in [1.82, 2.24) is 4.90 Å². The van der Waals surface area contributed by atoms with E-state index in [0.29, 0.717) is 10.0 Å². The first kappa shape index (κ1) is 14.7. The van der Waals surface area contributed by atoms with E-state index in [0.717, 1.165) is 0 Å². The monoisotopic (exact) mass is 369 g/mol. The SMILES string of the molecule is O=C1CC(S(=O)(=O)Cl)CN1Cc1ccc(Br)cc1F. The molecule has 1 fully saturated rings. The summed E-state index contributed by atoms with van der Waals surface area (Å²) in [5, 5.41) is -0.917. The standard InChI is InChI=1S/C11H10BrClFNO3S/c12-8-2-1-7(10(14)3-8)5-15-6-9(4-11(15)16)19(13,17)18/h1-3,9H,4-6H2. The van der Waals surface area contributed by atoms with Gasteiger partial charge < -0.3 is 4.90 Å². The van der Waals surface area contributed by atoms with Crippen molar-refractivity contribution in [2.75, 3.05) is 6.54 Å². The van der Waals surface area contributed by atoms with Crippen LogP contribution in [0.3, 0.4) is 0 Å². The normalized spacial score (nSPS) is 20.1. The number of carbonyl (C=O) groups excluding carboxylic acids is 1. The van der Waals surface area contributed by atoms with Gasteiger partial charge in [-0.15, -0.1) is 0 Å². The van der Waals surface area contributed by atoms with Gasteiger partial charge in [0.2, 0.25) is 15.0 Å². The van der Waals surface area contributed by atoms with Gasteiger partial charge in [-0.1, -0.05) is 22.0 Å². The fraction of sp³-hybridized carbons (Fsp3) is 0.364. The molecule has 0 saturated carbocycles. The highest BCUT2D eigenvalue weighted by Crippen LogP contribution is 2.24. The van der Waals surface area contributed by atoms with Gasteiger partial charge in [-0.3, -0.25) is 4.79 Å². The molecule has 1 aromatic rings. The maximum atomic E-state index is 13.6. The van der Waals surface area contributed by atoms with Crippen LogP contribution in [0.2, 0.25) is 0 Å². The van der Waals surface area contributed by atoms with Gasteiger partial charge in [0.1, 0.15) is 11.1 Å². The van der Waals surface area contributed by atoms with E-state index in [4.69, 9.17) is 10.7 Å². The van der Waals surface area contributed by atoms with E-state index in [1.807, 2.05) is 0 Å². The van der Waals surface area contributed by atoms with E-state index in [2.05, 4.69) is 15.9 Å². The highest BCUT2D eigenvalue weighted by molar-refractivity contribution is 9.10. The highest BCUT2D eigenvalue weighted by atomic mass is 79.9. The van der Waals surface area contributed by atoms with E-state index in [9.17, 15) is 17.6 Å².